The molecule has 0 heterocycles. The second kappa shape index (κ2) is 8.00. The van der Waals surface area contributed by atoms with Crippen LogP contribution >= 0.6 is 0 Å². The van der Waals surface area contributed by atoms with E-state index < -0.39 is 5.60 Å². The van der Waals surface area contributed by atoms with E-state index in [1.807, 2.05) is 38.1 Å². The number of rotatable bonds is 8. The van der Waals surface area contributed by atoms with Crippen LogP contribution in [-0.2, 0) is 9.53 Å². The quantitative estimate of drug-likeness (QED) is 0.798. The number of methoxy groups -OCH3 is 2. The molecule has 21 heavy (non-hydrogen) atoms. The number of ether oxygens (including phenoxy) is 2. The predicted octanol–water partition coefficient (Wildman–Crippen LogP) is 2.19. The lowest BCUT2D eigenvalue weighted by molar-refractivity contribution is -0.138. The Balaban J connectivity index is 3.12. The number of nitrogens with two attached hydrogens (primary N) is 1. The molecule has 0 aliphatic rings. The number of benzene rings is 1. The Hall–Kier alpha value is -1.59. The lowest BCUT2D eigenvalue weighted by Gasteiger charge is -2.33. The van der Waals surface area contributed by atoms with Gasteiger partial charge in [-0.05, 0) is 38.4 Å². The molecule has 1 atom stereocenters. The van der Waals surface area contributed by atoms with Crippen LogP contribution in [-0.4, -0.2) is 38.8 Å². The Morgan fingerprint density at radius 3 is 2.62 bits per heavy atom. The molecule has 118 valence electrons. The molecule has 1 unspecified atom stereocenters. The van der Waals surface area contributed by atoms with Crippen LogP contribution in [0.25, 0.3) is 0 Å². The minimum absolute atomic E-state index is 0.0609. The van der Waals surface area contributed by atoms with Gasteiger partial charge in [-0.15, -0.1) is 0 Å². The van der Waals surface area contributed by atoms with Crippen molar-refractivity contribution >= 4 is 11.6 Å². The van der Waals surface area contributed by atoms with E-state index in [0.29, 0.717) is 25.3 Å². The summed E-state index contributed by atoms with van der Waals surface area (Å²) >= 11 is 0. The maximum atomic E-state index is 12.9. The lowest BCUT2D eigenvalue weighted by atomic mass is 10.0. The Kier molecular flexibility index (Phi) is 6.65. The average Bonchev–Trinajstić information content (AvgIpc) is 2.54. The topological polar surface area (TPSA) is 64.8 Å². The number of amides is 1. The molecular formula is C16H26N2O3. The van der Waals surface area contributed by atoms with Crippen molar-refractivity contribution in [2.75, 3.05) is 32.2 Å². The summed E-state index contributed by atoms with van der Waals surface area (Å²) in [6.45, 7) is 4.84. The fraction of sp³-hybridized carbons (Fsp3) is 0.562. The zero-order valence-corrected chi connectivity index (χ0v) is 13.4. The van der Waals surface area contributed by atoms with Gasteiger partial charge in [-0.2, -0.15) is 0 Å². The van der Waals surface area contributed by atoms with E-state index in [-0.39, 0.29) is 5.91 Å². The molecule has 0 aliphatic heterocycles. The molecule has 2 N–H and O–H groups in total. The standard InChI is InChI=1S/C16H26N2O3/c1-5-16(2,21-4)15(19)18(11-7-10-17)13-8-6-9-14(12-13)20-3/h6,8-9,12H,5,7,10-11,17H2,1-4H3. The molecule has 1 aromatic rings. The first-order valence-corrected chi connectivity index (χ1v) is 7.23. The van der Waals surface area contributed by atoms with Gasteiger partial charge >= 0.3 is 0 Å². The van der Waals surface area contributed by atoms with Gasteiger partial charge in [0.2, 0.25) is 0 Å². The van der Waals surface area contributed by atoms with Gasteiger partial charge in [0.05, 0.1) is 7.11 Å². The van der Waals surface area contributed by atoms with Crippen LogP contribution in [0.4, 0.5) is 5.69 Å². The molecule has 5 nitrogen and oxygen atoms in total. The van der Waals surface area contributed by atoms with Crippen LogP contribution in [0.5, 0.6) is 5.75 Å². The molecule has 1 rings (SSSR count). The molecule has 0 radical (unpaired) electrons. The minimum Gasteiger partial charge on any atom is -0.497 e. The number of carbonyl (C=O) groups excluding carboxylic acids is 1. The predicted molar refractivity (Wildman–Crippen MR) is 84.7 cm³/mol. The van der Waals surface area contributed by atoms with Crippen molar-refractivity contribution in [2.45, 2.75) is 32.3 Å². The second-order valence-electron chi connectivity index (χ2n) is 5.09. The van der Waals surface area contributed by atoms with Crippen LogP contribution in [0.15, 0.2) is 24.3 Å². The van der Waals surface area contributed by atoms with Crippen molar-refractivity contribution in [3.63, 3.8) is 0 Å². The molecule has 0 fully saturated rings. The molecular weight excluding hydrogens is 268 g/mol. The number of nitrogens with zero attached hydrogens (tertiary/aromatic N) is 1. The third kappa shape index (κ3) is 4.19. The van der Waals surface area contributed by atoms with E-state index >= 15 is 0 Å². The molecule has 1 amide bonds. The summed E-state index contributed by atoms with van der Waals surface area (Å²) in [7, 11) is 3.17. The van der Waals surface area contributed by atoms with Crippen LogP contribution in [0.2, 0.25) is 0 Å². The van der Waals surface area contributed by atoms with Crippen molar-refractivity contribution in [1.29, 1.82) is 0 Å². The van der Waals surface area contributed by atoms with Crippen LogP contribution in [0.1, 0.15) is 26.7 Å². The Morgan fingerprint density at radius 2 is 2.10 bits per heavy atom. The van der Waals surface area contributed by atoms with Crippen molar-refractivity contribution in [2.24, 2.45) is 5.73 Å². The highest BCUT2D eigenvalue weighted by Gasteiger charge is 2.35. The number of hydrogen-bond acceptors (Lipinski definition) is 4. The van der Waals surface area contributed by atoms with Gasteiger partial charge in [-0.3, -0.25) is 4.79 Å². The van der Waals surface area contributed by atoms with Crippen LogP contribution in [0, 0.1) is 0 Å². The third-order valence-electron chi connectivity index (χ3n) is 3.77. The van der Waals surface area contributed by atoms with E-state index in [1.165, 1.54) is 0 Å². The fourth-order valence-corrected chi connectivity index (χ4v) is 2.04. The molecule has 0 bridgehead atoms. The first kappa shape index (κ1) is 17.5. The normalized spacial score (nSPS) is 13.6. The van der Waals surface area contributed by atoms with E-state index in [1.54, 1.807) is 19.1 Å². The Morgan fingerprint density at radius 1 is 1.38 bits per heavy atom. The minimum atomic E-state index is -0.836. The highest BCUT2D eigenvalue weighted by atomic mass is 16.5. The smallest absolute Gasteiger partial charge is 0.258 e. The maximum Gasteiger partial charge on any atom is 0.258 e. The van der Waals surface area contributed by atoms with Gasteiger partial charge in [0, 0.05) is 25.4 Å². The SMILES string of the molecule is CCC(C)(OC)C(=O)N(CCCN)c1cccc(OC)c1. The first-order valence-electron chi connectivity index (χ1n) is 7.23. The summed E-state index contributed by atoms with van der Waals surface area (Å²) in [6.07, 6.45) is 1.33. The fourth-order valence-electron chi connectivity index (χ4n) is 2.04. The van der Waals surface area contributed by atoms with Gasteiger partial charge < -0.3 is 20.1 Å². The van der Waals surface area contributed by atoms with Crippen molar-refractivity contribution in [3.8, 4) is 5.75 Å². The molecule has 1 aromatic carbocycles. The van der Waals surface area contributed by atoms with Crippen LogP contribution in [0.3, 0.4) is 0 Å². The molecule has 0 aliphatic carbocycles. The zero-order valence-electron chi connectivity index (χ0n) is 13.4. The summed E-state index contributed by atoms with van der Waals surface area (Å²) in [6, 6.07) is 7.46. The summed E-state index contributed by atoms with van der Waals surface area (Å²) in [4.78, 5) is 14.6. The van der Waals surface area contributed by atoms with Crippen molar-refractivity contribution in [1.82, 2.24) is 0 Å². The molecule has 5 heteroatoms. The van der Waals surface area contributed by atoms with Gasteiger partial charge in [-0.25, -0.2) is 0 Å². The van der Waals surface area contributed by atoms with Crippen molar-refractivity contribution < 1.29 is 14.3 Å². The largest absolute Gasteiger partial charge is 0.497 e. The number of anilines is 1. The Labute approximate surface area is 127 Å². The summed E-state index contributed by atoms with van der Waals surface area (Å²) in [5.74, 6) is 0.655. The molecule has 0 saturated heterocycles. The average molecular weight is 294 g/mol. The van der Waals surface area contributed by atoms with Gasteiger partial charge in [-0.1, -0.05) is 13.0 Å². The van der Waals surface area contributed by atoms with Gasteiger partial charge in [0.1, 0.15) is 11.4 Å². The Bertz CT molecular complexity index is 459. The van der Waals surface area contributed by atoms with Gasteiger partial charge in [0.25, 0.3) is 5.91 Å². The maximum absolute atomic E-state index is 12.9. The highest BCUT2D eigenvalue weighted by Crippen LogP contribution is 2.26. The molecule has 0 aromatic heterocycles. The van der Waals surface area contributed by atoms with E-state index in [9.17, 15) is 4.79 Å². The second-order valence-corrected chi connectivity index (χ2v) is 5.09. The van der Waals surface area contributed by atoms with Gasteiger partial charge in [0.15, 0.2) is 0 Å². The highest BCUT2D eigenvalue weighted by molar-refractivity contribution is 5.99. The summed E-state index contributed by atoms with van der Waals surface area (Å²) < 4.78 is 10.7. The number of carbonyl (C=O) groups is 1. The lowest BCUT2D eigenvalue weighted by Crippen LogP contribution is -2.49. The zero-order chi connectivity index (χ0) is 15.9. The first-order chi connectivity index (χ1) is 10.0. The summed E-state index contributed by atoms with van der Waals surface area (Å²) in [5, 5.41) is 0. The third-order valence-corrected chi connectivity index (χ3v) is 3.77. The monoisotopic (exact) mass is 294 g/mol. The molecule has 0 saturated carbocycles. The summed E-state index contributed by atoms with van der Waals surface area (Å²) in [5.41, 5.74) is 5.55. The van der Waals surface area contributed by atoms with E-state index in [2.05, 4.69) is 0 Å². The van der Waals surface area contributed by atoms with Crippen molar-refractivity contribution in [3.05, 3.63) is 24.3 Å². The molecule has 0 spiro atoms. The van der Waals surface area contributed by atoms with E-state index in [0.717, 1.165) is 12.1 Å². The van der Waals surface area contributed by atoms with Crippen LogP contribution < -0.4 is 15.4 Å². The van der Waals surface area contributed by atoms with E-state index in [4.69, 9.17) is 15.2 Å². The number of hydrogen-bond donors (Lipinski definition) is 1.